The second-order valence-electron chi connectivity index (χ2n) is 13.7. The molecule has 252 valence electrons. The first kappa shape index (κ1) is 30.7. The minimum atomic E-state index is 0.645. The molecule has 0 N–H and O–H groups in total. The molecule has 5 heteroatoms. The van der Waals surface area contributed by atoms with Crippen molar-refractivity contribution in [2.75, 3.05) is 0 Å². The van der Waals surface area contributed by atoms with Gasteiger partial charge in [0.05, 0.1) is 15.7 Å². The molecule has 3 aromatic heterocycles. The highest BCUT2D eigenvalue weighted by Crippen LogP contribution is 2.42. The minimum absolute atomic E-state index is 0.645. The predicted molar refractivity (Wildman–Crippen MR) is 226 cm³/mol. The van der Waals surface area contributed by atoms with Crippen LogP contribution >= 0.6 is 11.3 Å². The molecule has 4 nitrogen and oxygen atoms in total. The van der Waals surface area contributed by atoms with Gasteiger partial charge >= 0.3 is 0 Å². The summed E-state index contributed by atoms with van der Waals surface area (Å²) >= 11 is 1.86. The molecule has 11 rings (SSSR count). The summed E-state index contributed by atoms with van der Waals surface area (Å²) in [6, 6.07) is 64.5. The Balaban J connectivity index is 0.972. The van der Waals surface area contributed by atoms with Gasteiger partial charge in [-0.1, -0.05) is 152 Å². The summed E-state index contributed by atoms with van der Waals surface area (Å²) < 4.78 is 3.71. The van der Waals surface area contributed by atoms with Crippen LogP contribution in [0.4, 0.5) is 0 Å². The van der Waals surface area contributed by atoms with Crippen molar-refractivity contribution < 1.29 is 0 Å². The molecule has 0 aliphatic rings. The number of rotatable bonds is 5. The smallest absolute Gasteiger partial charge is 0.164 e. The lowest BCUT2D eigenvalue weighted by Crippen LogP contribution is -2.00. The molecule has 0 saturated heterocycles. The molecule has 54 heavy (non-hydrogen) atoms. The van der Waals surface area contributed by atoms with Crippen LogP contribution in [0.25, 0.3) is 104 Å². The van der Waals surface area contributed by atoms with Crippen LogP contribution in [-0.2, 0) is 0 Å². The van der Waals surface area contributed by atoms with Gasteiger partial charge in [-0.15, -0.1) is 11.3 Å². The maximum atomic E-state index is 5.05. The van der Waals surface area contributed by atoms with Gasteiger partial charge in [0.15, 0.2) is 17.5 Å². The molecule has 8 aromatic carbocycles. The maximum Gasteiger partial charge on any atom is 0.164 e. The molecule has 0 fully saturated rings. The largest absolute Gasteiger partial charge is 0.299 e. The lowest BCUT2D eigenvalue weighted by Gasteiger charge is -2.10. The normalized spacial score (nSPS) is 11.7. The molecule has 0 unspecified atom stereocenters. The number of aromatic nitrogens is 4. The van der Waals surface area contributed by atoms with Crippen molar-refractivity contribution in [2.24, 2.45) is 0 Å². The summed E-state index contributed by atoms with van der Waals surface area (Å²) in [5, 5.41) is 5.94. The molecule has 3 heterocycles. The fourth-order valence-electron chi connectivity index (χ4n) is 7.72. The van der Waals surface area contributed by atoms with Crippen LogP contribution in [0.2, 0.25) is 0 Å². The van der Waals surface area contributed by atoms with E-state index in [0.29, 0.717) is 17.5 Å². The molecule has 0 radical (unpaired) electrons. The summed E-state index contributed by atoms with van der Waals surface area (Å²) in [7, 11) is 0. The SMILES string of the molecule is c1ccc2cc(-c3nc(-c4ccc(-c5ccc(-c6c7ccccc7n7c6sc6ccccc67)cc5)cc4)nc(-c4ccc5ccccc5c4)n3)ccc2c1. The van der Waals surface area contributed by atoms with Crippen LogP contribution in [0.15, 0.2) is 182 Å². The fraction of sp³-hybridized carbons (Fsp3) is 0. The van der Waals surface area contributed by atoms with Crippen LogP contribution in [-0.4, -0.2) is 19.4 Å². The van der Waals surface area contributed by atoms with E-state index in [-0.39, 0.29) is 0 Å². The number of benzene rings is 8. The van der Waals surface area contributed by atoms with Gasteiger partial charge in [-0.2, -0.15) is 0 Å². The van der Waals surface area contributed by atoms with Crippen molar-refractivity contribution in [1.29, 1.82) is 0 Å². The topological polar surface area (TPSA) is 43.1 Å². The van der Waals surface area contributed by atoms with E-state index in [4.69, 9.17) is 15.0 Å². The number of para-hydroxylation sites is 2. The van der Waals surface area contributed by atoms with Crippen LogP contribution in [0.3, 0.4) is 0 Å². The van der Waals surface area contributed by atoms with Crippen LogP contribution in [0.5, 0.6) is 0 Å². The molecule has 0 atom stereocenters. The highest BCUT2D eigenvalue weighted by molar-refractivity contribution is 7.24. The van der Waals surface area contributed by atoms with E-state index < -0.39 is 0 Å². The van der Waals surface area contributed by atoms with Crippen molar-refractivity contribution in [3.05, 3.63) is 182 Å². The fourth-order valence-corrected chi connectivity index (χ4v) is 8.96. The van der Waals surface area contributed by atoms with Crippen molar-refractivity contribution in [3.8, 4) is 56.4 Å². The standard InChI is InChI=1S/C49H30N4S/c1-3-11-37-29-39(27-21-31(37)9-1)47-50-46(51-48(52-47)40-28-22-32-10-2-4-12-38(32)30-40)36-25-19-34(20-26-36)33-17-23-35(24-18-33)45-41-13-5-6-14-42(41)53-43-15-7-8-16-44(43)54-49(45)53/h1-30H. The van der Waals surface area contributed by atoms with Gasteiger partial charge in [-0.25, -0.2) is 15.0 Å². The Hall–Kier alpha value is -6.95. The highest BCUT2D eigenvalue weighted by atomic mass is 32.1. The van der Waals surface area contributed by atoms with Crippen LogP contribution in [0.1, 0.15) is 0 Å². The van der Waals surface area contributed by atoms with Crippen LogP contribution in [0, 0.1) is 0 Å². The Morgan fingerprint density at radius 2 is 0.796 bits per heavy atom. The Morgan fingerprint density at radius 1 is 0.352 bits per heavy atom. The summed E-state index contributed by atoms with van der Waals surface area (Å²) in [5.41, 5.74) is 10.1. The second-order valence-corrected chi connectivity index (χ2v) is 14.7. The van der Waals surface area contributed by atoms with Crippen molar-refractivity contribution in [2.45, 2.75) is 0 Å². The van der Waals surface area contributed by atoms with Crippen molar-refractivity contribution in [1.82, 2.24) is 19.4 Å². The number of thiazole rings is 1. The summed E-state index contributed by atoms with van der Waals surface area (Å²) in [6.45, 7) is 0. The van der Waals surface area contributed by atoms with E-state index in [1.54, 1.807) is 0 Å². The molecule has 0 aliphatic heterocycles. The van der Waals surface area contributed by atoms with E-state index in [0.717, 1.165) is 38.6 Å². The predicted octanol–water partition coefficient (Wildman–Crippen LogP) is 13.1. The number of hydrogen-bond acceptors (Lipinski definition) is 4. The lowest BCUT2D eigenvalue weighted by molar-refractivity contribution is 1.08. The third-order valence-electron chi connectivity index (χ3n) is 10.4. The van der Waals surface area contributed by atoms with Gasteiger partial charge in [0.1, 0.15) is 4.83 Å². The molecule has 11 aromatic rings. The zero-order chi connectivity index (χ0) is 35.6. The van der Waals surface area contributed by atoms with Gasteiger partial charge in [0.2, 0.25) is 0 Å². The lowest BCUT2D eigenvalue weighted by atomic mass is 9.99. The van der Waals surface area contributed by atoms with Crippen molar-refractivity contribution in [3.63, 3.8) is 0 Å². The Morgan fingerprint density at radius 3 is 1.41 bits per heavy atom. The molecule has 0 spiro atoms. The summed E-state index contributed by atoms with van der Waals surface area (Å²) in [6.07, 6.45) is 0. The molecule has 0 saturated carbocycles. The number of hydrogen-bond donors (Lipinski definition) is 0. The number of fused-ring (bicyclic) bond motifs is 7. The van der Waals surface area contributed by atoms with Gasteiger partial charge in [0.25, 0.3) is 0 Å². The first-order valence-corrected chi connectivity index (χ1v) is 18.9. The van der Waals surface area contributed by atoms with E-state index >= 15 is 0 Å². The average Bonchev–Trinajstić information content (AvgIpc) is 3.78. The highest BCUT2D eigenvalue weighted by Gasteiger charge is 2.18. The van der Waals surface area contributed by atoms with Gasteiger partial charge in [-0.3, -0.25) is 4.40 Å². The molecular formula is C49H30N4S. The quantitative estimate of drug-likeness (QED) is 0.179. The van der Waals surface area contributed by atoms with Gasteiger partial charge < -0.3 is 0 Å². The first-order valence-electron chi connectivity index (χ1n) is 18.1. The first-order chi connectivity index (χ1) is 26.7. The zero-order valence-corrected chi connectivity index (χ0v) is 29.8. The molecular weight excluding hydrogens is 677 g/mol. The zero-order valence-electron chi connectivity index (χ0n) is 29.0. The summed E-state index contributed by atoms with van der Waals surface area (Å²) in [5.74, 6) is 1.95. The Kier molecular flexibility index (Phi) is 7.00. The average molecular weight is 707 g/mol. The Bertz CT molecular complexity index is 3110. The second kappa shape index (κ2) is 12.3. The molecule has 0 amide bonds. The van der Waals surface area contributed by atoms with E-state index in [9.17, 15) is 0 Å². The van der Waals surface area contributed by atoms with E-state index in [1.807, 2.05) is 11.3 Å². The third kappa shape index (κ3) is 5.09. The van der Waals surface area contributed by atoms with E-state index in [2.05, 4.69) is 186 Å². The third-order valence-corrected chi connectivity index (χ3v) is 11.6. The van der Waals surface area contributed by atoms with Crippen LogP contribution < -0.4 is 0 Å². The number of nitrogens with zero attached hydrogens (tertiary/aromatic N) is 4. The molecule has 0 bridgehead atoms. The molecule has 0 aliphatic carbocycles. The van der Waals surface area contributed by atoms with Gasteiger partial charge in [-0.05, 0) is 68.6 Å². The van der Waals surface area contributed by atoms with Crippen molar-refractivity contribution >= 4 is 58.8 Å². The van der Waals surface area contributed by atoms with E-state index in [1.165, 1.54) is 47.8 Å². The summed E-state index contributed by atoms with van der Waals surface area (Å²) in [4.78, 5) is 16.4. The van der Waals surface area contributed by atoms with Gasteiger partial charge in [0, 0.05) is 27.6 Å². The monoisotopic (exact) mass is 706 g/mol. The maximum absolute atomic E-state index is 5.05. The Labute approximate surface area is 315 Å². The minimum Gasteiger partial charge on any atom is -0.299 e.